The van der Waals surface area contributed by atoms with Crippen LogP contribution in [0.4, 0.5) is 32.0 Å². The molecule has 210 valence electrons. The first-order chi connectivity index (χ1) is 19.0. The Hall–Kier alpha value is -4.13. The maximum atomic E-state index is 14.8. The van der Waals surface area contributed by atoms with Gasteiger partial charge in [0, 0.05) is 0 Å². The van der Waals surface area contributed by atoms with Crippen molar-refractivity contribution in [3.05, 3.63) is 83.2 Å². The maximum absolute atomic E-state index is 14.8. The van der Waals surface area contributed by atoms with Crippen LogP contribution in [-0.2, 0) is 29.5 Å². The third kappa shape index (κ3) is 5.46. The Morgan fingerprint density at radius 1 is 0.925 bits per heavy atom. The van der Waals surface area contributed by atoms with Crippen LogP contribution in [-0.4, -0.2) is 21.4 Å². The molecule has 4 aromatic rings. The molecule has 6 bridgehead atoms. The Morgan fingerprint density at radius 3 is 2.42 bits per heavy atom. The summed E-state index contributed by atoms with van der Waals surface area (Å²) in [7, 11) is 0. The van der Waals surface area contributed by atoms with Gasteiger partial charge in [0.25, 0.3) is 11.8 Å². The highest BCUT2D eigenvalue weighted by Crippen LogP contribution is 2.47. The predicted molar refractivity (Wildman–Crippen MR) is 130 cm³/mol. The quantitative estimate of drug-likeness (QED) is 0.262. The zero-order valence-electron chi connectivity index (χ0n) is 20.7. The van der Waals surface area contributed by atoms with Crippen LogP contribution in [0, 0.1) is 0 Å². The van der Waals surface area contributed by atoms with Crippen LogP contribution in [0.25, 0.3) is 11.6 Å². The van der Waals surface area contributed by atoms with E-state index in [0.29, 0.717) is 30.0 Å². The van der Waals surface area contributed by atoms with E-state index in [0.717, 1.165) is 0 Å². The van der Waals surface area contributed by atoms with Crippen molar-refractivity contribution in [2.45, 2.75) is 50.2 Å². The van der Waals surface area contributed by atoms with Gasteiger partial charge >= 0.3 is 12.4 Å². The second-order valence-electron chi connectivity index (χ2n) is 9.24. The van der Waals surface area contributed by atoms with Gasteiger partial charge in [-0.15, -0.1) is 10.2 Å². The molecule has 0 amide bonds. The van der Waals surface area contributed by atoms with Crippen LogP contribution in [0.1, 0.15) is 41.8 Å². The predicted octanol–water partition coefficient (Wildman–Crippen LogP) is 7.23. The van der Waals surface area contributed by atoms with Crippen molar-refractivity contribution in [1.29, 1.82) is 0 Å². The summed E-state index contributed by atoms with van der Waals surface area (Å²) < 4.78 is 102. The summed E-state index contributed by atoms with van der Waals surface area (Å²) >= 11 is 0. The molecule has 0 aliphatic carbocycles. The Bertz CT molecular complexity index is 1490. The van der Waals surface area contributed by atoms with Crippen LogP contribution in [0.3, 0.4) is 0 Å². The molecule has 0 saturated heterocycles. The highest BCUT2D eigenvalue weighted by molar-refractivity contribution is 5.68. The summed E-state index contributed by atoms with van der Waals surface area (Å²) in [5.41, 5.74) is 1.68. The number of halogens is 6. The second-order valence-corrected chi connectivity index (χ2v) is 9.24. The zero-order chi connectivity index (χ0) is 28.5. The summed E-state index contributed by atoms with van der Waals surface area (Å²) in [5.74, 6) is -2.34. The molecule has 1 aliphatic heterocycles. The van der Waals surface area contributed by atoms with Crippen molar-refractivity contribution in [2.24, 2.45) is 0 Å². The number of nitrogens with two attached hydrogens (primary N) is 1. The van der Waals surface area contributed by atoms with E-state index in [-0.39, 0.29) is 12.2 Å². The fraction of sp³-hybridized carbons (Fsp3) is 0.296. The molecule has 1 aliphatic rings. The number of pyridine rings is 1. The standard InChI is InChI=1S/C27H22F6N4O3/c28-26(29,30)19-14-20(34)21-23-36-37-24(40-23)25(27(31,32)33,38-15-17-8-2-1-3-9-17)12-5-4-7-16-10-6-11-18(13-16)39-22(19)35-21/h1-3,6,8-11,13-14H,4-5,7,12,15,34H2. The average molecular weight is 564 g/mol. The highest BCUT2D eigenvalue weighted by Gasteiger charge is 2.61. The Labute approximate surface area is 223 Å². The lowest BCUT2D eigenvalue weighted by Gasteiger charge is -2.32. The van der Waals surface area contributed by atoms with Crippen LogP contribution in [0.2, 0.25) is 0 Å². The third-order valence-electron chi connectivity index (χ3n) is 6.44. The van der Waals surface area contributed by atoms with Gasteiger partial charge in [-0.1, -0.05) is 42.5 Å². The summed E-state index contributed by atoms with van der Waals surface area (Å²) in [4.78, 5) is 3.87. The number of aromatic nitrogens is 3. The molecule has 5 rings (SSSR count). The normalized spacial score (nSPS) is 17.9. The minimum Gasteiger partial charge on any atom is -0.438 e. The van der Waals surface area contributed by atoms with E-state index >= 15 is 0 Å². The molecular formula is C27H22F6N4O3. The second kappa shape index (κ2) is 10.5. The molecule has 2 N–H and O–H groups in total. The van der Waals surface area contributed by atoms with Crippen LogP contribution >= 0.6 is 0 Å². The molecule has 13 heteroatoms. The van der Waals surface area contributed by atoms with Gasteiger partial charge in [-0.3, -0.25) is 0 Å². The maximum Gasteiger partial charge on any atom is 0.426 e. The summed E-state index contributed by atoms with van der Waals surface area (Å²) in [6.45, 7) is -0.418. The number of nitrogen functional groups attached to an aromatic ring is 1. The van der Waals surface area contributed by atoms with Crippen molar-refractivity contribution in [1.82, 2.24) is 15.2 Å². The van der Waals surface area contributed by atoms with E-state index in [1.807, 2.05) is 0 Å². The molecule has 40 heavy (non-hydrogen) atoms. The minimum atomic E-state index is -4.99. The van der Waals surface area contributed by atoms with Gasteiger partial charge in [-0.05, 0) is 55.0 Å². The first-order valence-corrected chi connectivity index (χ1v) is 12.2. The molecule has 7 nitrogen and oxygen atoms in total. The number of benzene rings is 2. The number of hydrogen-bond donors (Lipinski definition) is 1. The van der Waals surface area contributed by atoms with Gasteiger partial charge in [-0.2, -0.15) is 26.3 Å². The number of anilines is 1. The third-order valence-corrected chi connectivity index (χ3v) is 6.44. The summed E-state index contributed by atoms with van der Waals surface area (Å²) in [6.07, 6.45) is -9.78. The van der Waals surface area contributed by atoms with Gasteiger partial charge in [0.2, 0.25) is 11.5 Å². The van der Waals surface area contributed by atoms with E-state index < -0.39 is 65.6 Å². The van der Waals surface area contributed by atoms with Crippen LogP contribution in [0.5, 0.6) is 11.6 Å². The Kier molecular flexibility index (Phi) is 7.17. The van der Waals surface area contributed by atoms with Gasteiger partial charge in [-0.25, -0.2) is 4.98 Å². The molecule has 1 unspecified atom stereocenters. The fourth-order valence-corrected chi connectivity index (χ4v) is 4.39. The minimum absolute atomic E-state index is 0.0451. The van der Waals surface area contributed by atoms with Gasteiger partial charge < -0.3 is 19.6 Å². The van der Waals surface area contributed by atoms with Crippen molar-refractivity contribution in [3.8, 4) is 23.2 Å². The number of aryl methyl sites for hydroxylation is 1. The number of nitrogens with zero attached hydrogens (tertiary/aromatic N) is 3. The lowest BCUT2D eigenvalue weighted by Crippen LogP contribution is -2.45. The van der Waals surface area contributed by atoms with E-state index in [2.05, 4.69) is 15.2 Å². The monoisotopic (exact) mass is 564 g/mol. The summed E-state index contributed by atoms with van der Waals surface area (Å²) in [6, 6.07) is 15.0. The smallest absolute Gasteiger partial charge is 0.426 e. The SMILES string of the molecule is Nc1cc(C(F)(F)F)c2nc1-c1nnc(o1)C(OCc1ccccc1)(C(F)(F)F)CCCCc1cccc(c1)O2. The van der Waals surface area contributed by atoms with Crippen molar-refractivity contribution in [2.75, 3.05) is 5.73 Å². The van der Waals surface area contributed by atoms with E-state index in [1.54, 1.807) is 42.5 Å². The van der Waals surface area contributed by atoms with Gasteiger partial charge in [0.15, 0.2) is 5.69 Å². The first-order valence-electron chi connectivity index (χ1n) is 12.2. The molecule has 0 spiro atoms. The van der Waals surface area contributed by atoms with E-state index in [4.69, 9.17) is 19.6 Å². The molecule has 1 atom stereocenters. The topological polar surface area (TPSA) is 96.3 Å². The molecule has 2 aromatic heterocycles. The Morgan fingerprint density at radius 2 is 1.70 bits per heavy atom. The highest BCUT2D eigenvalue weighted by atomic mass is 19.4. The van der Waals surface area contributed by atoms with E-state index in [1.165, 1.54) is 12.1 Å². The zero-order valence-corrected chi connectivity index (χ0v) is 20.7. The van der Waals surface area contributed by atoms with Crippen molar-refractivity contribution < 1.29 is 40.2 Å². The Balaban J connectivity index is 1.66. The van der Waals surface area contributed by atoms with Crippen LogP contribution in [0.15, 0.2) is 65.1 Å². The first kappa shape index (κ1) is 27.4. The average Bonchev–Trinajstić information content (AvgIpc) is 3.38. The lowest BCUT2D eigenvalue weighted by molar-refractivity contribution is -0.300. The van der Waals surface area contributed by atoms with Crippen molar-refractivity contribution >= 4 is 5.69 Å². The molecule has 3 heterocycles. The number of hydrogen-bond acceptors (Lipinski definition) is 7. The lowest BCUT2D eigenvalue weighted by atomic mass is 9.93. The van der Waals surface area contributed by atoms with Crippen molar-refractivity contribution in [3.63, 3.8) is 0 Å². The molecule has 0 radical (unpaired) electrons. The van der Waals surface area contributed by atoms with E-state index in [9.17, 15) is 26.3 Å². The number of alkyl halides is 6. The molecular weight excluding hydrogens is 542 g/mol. The van der Waals surface area contributed by atoms with Gasteiger partial charge in [0.1, 0.15) is 11.3 Å². The molecule has 2 aromatic carbocycles. The van der Waals surface area contributed by atoms with Crippen LogP contribution < -0.4 is 10.5 Å². The largest absolute Gasteiger partial charge is 0.438 e. The fourth-order valence-electron chi connectivity index (χ4n) is 4.39. The molecule has 0 saturated carbocycles. The number of rotatable bonds is 3. The number of ether oxygens (including phenoxy) is 2. The number of fused-ring (bicyclic) bond motifs is 7. The van der Waals surface area contributed by atoms with Gasteiger partial charge in [0.05, 0.1) is 12.3 Å². The summed E-state index contributed by atoms with van der Waals surface area (Å²) in [5, 5.41) is 7.29. The molecule has 0 fully saturated rings.